The SMILES string of the molecule is C=CCOC(=O)N1C[C@@H](SC(=O)OC(C)(C)C)C[C@H]1CNCOc1cccc(C(=O)OC)c1. The van der Waals surface area contributed by atoms with Gasteiger partial charge < -0.3 is 23.8 Å². The van der Waals surface area contributed by atoms with Crippen LogP contribution in [0.15, 0.2) is 36.9 Å². The molecule has 1 saturated heterocycles. The number of benzene rings is 1. The van der Waals surface area contributed by atoms with Gasteiger partial charge in [-0.3, -0.25) is 5.32 Å². The van der Waals surface area contributed by atoms with E-state index in [0.717, 1.165) is 11.8 Å². The molecule has 0 aromatic heterocycles. The van der Waals surface area contributed by atoms with Crippen molar-refractivity contribution < 1.29 is 33.3 Å². The zero-order valence-electron chi connectivity index (χ0n) is 19.5. The molecule has 2 rings (SSSR count). The van der Waals surface area contributed by atoms with Gasteiger partial charge in [-0.15, -0.1) is 0 Å². The lowest BCUT2D eigenvalue weighted by Gasteiger charge is -2.24. The minimum atomic E-state index is -0.575. The Hall–Kier alpha value is -2.72. The monoisotopic (exact) mass is 480 g/mol. The standard InChI is InChI=1S/C23H32N2O7S/c1-6-10-30-21(27)25-14-19(33-22(28)32-23(2,3)4)12-17(25)13-24-15-31-18-9-7-8-16(11-18)20(26)29-5/h6-9,11,17,19,24H,1,10,12-15H2,2-5H3/t17-,19-/m0/s1. The van der Waals surface area contributed by atoms with E-state index in [1.165, 1.54) is 13.2 Å². The summed E-state index contributed by atoms with van der Waals surface area (Å²) in [7, 11) is 1.32. The summed E-state index contributed by atoms with van der Waals surface area (Å²) in [5.41, 5.74) is -0.182. The molecular formula is C23H32N2O7S. The minimum Gasteiger partial charge on any atom is -0.478 e. The number of carbonyl (C=O) groups is 3. The van der Waals surface area contributed by atoms with Crippen LogP contribution in [0.4, 0.5) is 9.59 Å². The summed E-state index contributed by atoms with van der Waals surface area (Å²) in [6.45, 7) is 10.1. The lowest BCUT2D eigenvalue weighted by molar-refractivity contribution is 0.0599. The van der Waals surface area contributed by atoms with Crippen LogP contribution >= 0.6 is 11.8 Å². The first-order chi connectivity index (χ1) is 15.6. The number of methoxy groups -OCH3 is 1. The van der Waals surface area contributed by atoms with Gasteiger partial charge in [0, 0.05) is 24.4 Å². The normalized spacial score (nSPS) is 17.9. The smallest absolute Gasteiger partial charge is 0.410 e. The predicted molar refractivity (Wildman–Crippen MR) is 126 cm³/mol. The van der Waals surface area contributed by atoms with E-state index in [2.05, 4.69) is 11.9 Å². The van der Waals surface area contributed by atoms with Crippen LogP contribution in [0.5, 0.6) is 5.75 Å². The zero-order valence-corrected chi connectivity index (χ0v) is 20.3. The molecule has 0 unspecified atom stereocenters. The molecule has 1 amide bonds. The van der Waals surface area contributed by atoms with Gasteiger partial charge in [-0.05, 0) is 57.2 Å². The number of carbonyl (C=O) groups excluding carboxylic acids is 3. The molecule has 1 aromatic carbocycles. The number of ether oxygens (including phenoxy) is 4. The number of nitrogens with zero attached hydrogens (tertiary/aromatic N) is 1. The van der Waals surface area contributed by atoms with Gasteiger partial charge in [-0.25, -0.2) is 14.4 Å². The molecule has 0 saturated carbocycles. The van der Waals surface area contributed by atoms with Crippen LogP contribution in [0.3, 0.4) is 0 Å². The molecule has 0 spiro atoms. The van der Waals surface area contributed by atoms with E-state index in [1.807, 2.05) is 20.8 Å². The molecule has 1 heterocycles. The Balaban J connectivity index is 1.91. The molecule has 1 aromatic rings. The average Bonchev–Trinajstić information content (AvgIpc) is 3.15. The highest BCUT2D eigenvalue weighted by Gasteiger charge is 2.38. The number of thioether (sulfide) groups is 1. The summed E-state index contributed by atoms with van der Waals surface area (Å²) in [6.07, 6.45) is 1.64. The van der Waals surface area contributed by atoms with Crippen LogP contribution < -0.4 is 10.1 Å². The van der Waals surface area contributed by atoms with Gasteiger partial charge in [-0.2, -0.15) is 0 Å². The fourth-order valence-corrected chi connectivity index (χ4v) is 4.31. The average molecular weight is 481 g/mol. The highest BCUT2D eigenvalue weighted by Crippen LogP contribution is 2.30. The third-order valence-corrected chi connectivity index (χ3v) is 5.51. The second kappa shape index (κ2) is 12.5. The van der Waals surface area contributed by atoms with Gasteiger partial charge in [0.25, 0.3) is 0 Å². The number of esters is 1. The third kappa shape index (κ3) is 8.97. The molecule has 182 valence electrons. The molecule has 1 fully saturated rings. The Bertz CT molecular complexity index is 840. The molecule has 0 aliphatic carbocycles. The maximum Gasteiger partial charge on any atom is 0.410 e. The van der Waals surface area contributed by atoms with Crippen molar-refractivity contribution in [3.63, 3.8) is 0 Å². The van der Waals surface area contributed by atoms with Crippen molar-refractivity contribution in [2.75, 3.05) is 33.5 Å². The van der Waals surface area contributed by atoms with E-state index in [1.54, 1.807) is 29.2 Å². The van der Waals surface area contributed by atoms with Gasteiger partial charge in [0.15, 0.2) is 0 Å². The van der Waals surface area contributed by atoms with E-state index >= 15 is 0 Å². The summed E-state index contributed by atoms with van der Waals surface area (Å²) < 4.78 is 21.0. The van der Waals surface area contributed by atoms with Gasteiger partial charge in [0.2, 0.25) is 0 Å². The van der Waals surface area contributed by atoms with Crippen LogP contribution in [0, 0.1) is 0 Å². The number of rotatable bonds is 9. The van der Waals surface area contributed by atoms with E-state index in [-0.39, 0.29) is 29.9 Å². The molecule has 1 aliphatic heterocycles. The Kier molecular flexibility index (Phi) is 10.1. The number of amides is 1. The van der Waals surface area contributed by atoms with Crippen molar-refractivity contribution in [2.24, 2.45) is 0 Å². The highest BCUT2D eigenvalue weighted by atomic mass is 32.2. The van der Waals surface area contributed by atoms with Crippen LogP contribution in [0.2, 0.25) is 0 Å². The Morgan fingerprint density at radius 3 is 2.73 bits per heavy atom. The van der Waals surface area contributed by atoms with Crippen molar-refractivity contribution in [3.05, 3.63) is 42.5 Å². The molecule has 2 atom stereocenters. The van der Waals surface area contributed by atoms with Crippen LogP contribution in [-0.2, 0) is 14.2 Å². The fourth-order valence-electron chi connectivity index (χ4n) is 3.19. The fraction of sp³-hybridized carbons (Fsp3) is 0.522. The lowest BCUT2D eigenvalue weighted by atomic mass is 10.2. The zero-order chi connectivity index (χ0) is 24.4. The predicted octanol–water partition coefficient (Wildman–Crippen LogP) is 3.83. The van der Waals surface area contributed by atoms with Gasteiger partial charge in [-0.1, -0.05) is 18.7 Å². The summed E-state index contributed by atoms with van der Waals surface area (Å²) in [5, 5.41) is 2.68. The summed E-state index contributed by atoms with van der Waals surface area (Å²) in [5.74, 6) is 0.0685. The quantitative estimate of drug-likeness (QED) is 0.186. The van der Waals surface area contributed by atoms with Crippen molar-refractivity contribution in [1.29, 1.82) is 0 Å². The maximum absolute atomic E-state index is 12.5. The van der Waals surface area contributed by atoms with Crippen LogP contribution in [-0.4, -0.2) is 72.7 Å². The number of likely N-dealkylation sites (tertiary alicyclic amines) is 1. The van der Waals surface area contributed by atoms with Gasteiger partial charge in [0.1, 0.15) is 24.7 Å². The Labute approximate surface area is 198 Å². The number of nitrogens with one attached hydrogen (secondary N) is 1. The maximum atomic E-state index is 12.5. The topological polar surface area (TPSA) is 103 Å². The molecule has 9 nitrogen and oxygen atoms in total. The largest absolute Gasteiger partial charge is 0.478 e. The number of hydrogen-bond acceptors (Lipinski definition) is 9. The van der Waals surface area contributed by atoms with Crippen LogP contribution in [0.25, 0.3) is 0 Å². The molecule has 1 N–H and O–H groups in total. The van der Waals surface area contributed by atoms with E-state index in [9.17, 15) is 14.4 Å². The number of hydrogen-bond donors (Lipinski definition) is 1. The van der Waals surface area contributed by atoms with Crippen molar-refractivity contribution in [1.82, 2.24) is 10.2 Å². The third-order valence-electron chi connectivity index (χ3n) is 4.56. The first kappa shape index (κ1) is 26.5. The van der Waals surface area contributed by atoms with Crippen molar-refractivity contribution in [3.8, 4) is 5.75 Å². The lowest BCUT2D eigenvalue weighted by Crippen LogP contribution is -2.42. The van der Waals surface area contributed by atoms with E-state index in [4.69, 9.17) is 18.9 Å². The second-order valence-electron chi connectivity index (χ2n) is 8.37. The first-order valence-corrected chi connectivity index (χ1v) is 11.5. The molecule has 0 bridgehead atoms. The molecule has 10 heteroatoms. The first-order valence-electron chi connectivity index (χ1n) is 10.6. The van der Waals surface area contributed by atoms with E-state index in [0.29, 0.717) is 30.8 Å². The Morgan fingerprint density at radius 1 is 1.30 bits per heavy atom. The van der Waals surface area contributed by atoms with Crippen molar-refractivity contribution >= 4 is 29.1 Å². The summed E-state index contributed by atoms with van der Waals surface area (Å²) >= 11 is 1.09. The van der Waals surface area contributed by atoms with Gasteiger partial charge >= 0.3 is 17.4 Å². The van der Waals surface area contributed by atoms with Gasteiger partial charge in [0.05, 0.1) is 12.7 Å². The summed E-state index contributed by atoms with van der Waals surface area (Å²) in [4.78, 5) is 37.9. The highest BCUT2D eigenvalue weighted by molar-refractivity contribution is 8.13. The Morgan fingerprint density at radius 2 is 2.06 bits per heavy atom. The van der Waals surface area contributed by atoms with E-state index < -0.39 is 17.7 Å². The second-order valence-corrected chi connectivity index (χ2v) is 9.61. The molecular weight excluding hydrogens is 448 g/mol. The summed E-state index contributed by atoms with van der Waals surface area (Å²) in [6, 6.07) is 6.48. The molecule has 0 radical (unpaired) electrons. The molecule has 33 heavy (non-hydrogen) atoms. The van der Waals surface area contributed by atoms with Crippen molar-refractivity contribution in [2.45, 2.75) is 44.1 Å². The molecule has 1 aliphatic rings. The van der Waals surface area contributed by atoms with Crippen LogP contribution in [0.1, 0.15) is 37.6 Å². The minimum absolute atomic E-state index is 0.110.